The molecule has 5 heteroatoms. The van der Waals surface area contributed by atoms with Crippen molar-refractivity contribution in [3.8, 4) is 0 Å². The van der Waals surface area contributed by atoms with Gasteiger partial charge in [0.05, 0.1) is 6.04 Å². The van der Waals surface area contributed by atoms with Crippen LogP contribution in [-0.2, 0) is 4.74 Å². The highest BCUT2D eigenvalue weighted by Crippen LogP contribution is 2.27. The molecule has 1 aromatic carbocycles. The number of primary amides is 1. The molecule has 0 unspecified atom stereocenters. The molecule has 0 aliphatic carbocycles. The summed E-state index contributed by atoms with van der Waals surface area (Å²) in [5, 5.41) is 0. The highest BCUT2D eigenvalue weighted by atomic mass is 16.6. The zero-order chi connectivity index (χ0) is 15.4. The van der Waals surface area contributed by atoms with Crippen LogP contribution in [0.1, 0.15) is 37.0 Å². The number of carbonyl (C=O) groups is 2. The molecule has 2 rings (SSSR count). The van der Waals surface area contributed by atoms with Gasteiger partial charge >= 0.3 is 6.09 Å². The first kappa shape index (κ1) is 15.4. The SMILES string of the molecule is CC(C)[C@H](OC(N)=O)[C@@H]1CCCN1C(=O)c1ccccc1. The molecule has 1 aliphatic rings. The molecule has 0 spiro atoms. The minimum atomic E-state index is -0.785. The third-order valence-electron chi connectivity index (χ3n) is 3.87. The second-order valence-electron chi connectivity index (χ2n) is 5.72. The van der Waals surface area contributed by atoms with Crippen LogP contribution in [-0.4, -0.2) is 35.6 Å². The molecule has 21 heavy (non-hydrogen) atoms. The van der Waals surface area contributed by atoms with Gasteiger partial charge in [0.15, 0.2) is 0 Å². The Balaban J connectivity index is 2.19. The lowest BCUT2D eigenvalue weighted by molar-refractivity contribution is 0.0191. The van der Waals surface area contributed by atoms with Crippen LogP contribution in [0.3, 0.4) is 0 Å². The summed E-state index contributed by atoms with van der Waals surface area (Å²) >= 11 is 0. The van der Waals surface area contributed by atoms with Crippen molar-refractivity contribution in [2.75, 3.05) is 6.54 Å². The summed E-state index contributed by atoms with van der Waals surface area (Å²) in [4.78, 5) is 25.5. The quantitative estimate of drug-likeness (QED) is 0.925. The lowest BCUT2D eigenvalue weighted by Crippen LogP contribution is -2.47. The smallest absolute Gasteiger partial charge is 0.404 e. The predicted octanol–water partition coefficient (Wildman–Crippen LogP) is 2.41. The Morgan fingerprint density at radius 1 is 1.29 bits per heavy atom. The molecule has 114 valence electrons. The molecule has 0 bridgehead atoms. The van der Waals surface area contributed by atoms with Gasteiger partial charge in [-0.1, -0.05) is 32.0 Å². The van der Waals surface area contributed by atoms with E-state index in [1.165, 1.54) is 0 Å². The number of benzene rings is 1. The summed E-state index contributed by atoms with van der Waals surface area (Å²) in [5.41, 5.74) is 5.83. The van der Waals surface area contributed by atoms with Crippen LogP contribution >= 0.6 is 0 Å². The molecule has 0 saturated carbocycles. The number of hydrogen-bond acceptors (Lipinski definition) is 3. The Hall–Kier alpha value is -2.04. The highest BCUT2D eigenvalue weighted by Gasteiger charge is 2.38. The summed E-state index contributed by atoms with van der Waals surface area (Å²) in [6.45, 7) is 4.62. The van der Waals surface area contributed by atoms with Crippen molar-refractivity contribution in [2.24, 2.45) is 11.7 Å². The fourth-order valence-corrected chi connectivity index (χ4v) is 2.93. The summed E-state index contributed by atoms with van der Waals surface area (Å²) in [6, 6.07) is 9.07. The van der Waals surface area contributed by atoms with Crippen molar-refractivity contribution in [3.63, 3.8) is 0 Å². The van der Waals surface area contributed by atoms with Gasteiger partial charge in [-0.15, -0.1) is 0 Å². The molecule has 5 nitrogen and oxygen atoms in total. The average Bonchev–Trinajstić information content (AvgIpc) is 2.93. The molecule has 1 fully saturated rings. The summed E-state index contributed by atoms with van der Waals surface area (Å²) in [7, 11) is 0. The lowest BCUT2D eigenvalue weighted by Gasteiger charge is -2.33. The average molecular weight is 290 g/mol. The normalized spacial score (nSPS) is 19.6. The van der Waals surface area contributed by atoms with Crippen LogP contribution in [0, 0.1) is 5.92 Å². The van der Waals surface area contributed by atoms with Gasteiger partial charge in [0.25, 0.3) is 5.91 Å². The fraction of sp³-hybridized carbons (Fsp3) is 0.500. The Labute approximate surface area is 125 Å². The molecule has 2 N–H and O–H groups in total. The number of likely N-dealkylation sites (tertiary alicyclic amines) is 1. The topological polar surface area (TPSA) is 72.6 Å². The van der Waals surface area contributed by atoms with Crippen molar-refractivity contribution < 1.29 is 14.3 Å². The third-order valence-corrected chi connectivity index (χ3v) is 3.87. The number of nitrogens with two attached hydrogens (primary N) is 1. The van der Waals surface area contributed by atoms with E-state index in [4.69, 9.17) is 10.5 Å². The van der Waals surface area contributed by atoms with Gasteiger partial charge in [-0.2, -0.15) is 0 Å². The Bertz CT molecular complexity index is 502. The minimum Gasteiger partial charge on any atom is -0.444 e. The van der Waals surface area contributed by atoms with Gasteiger partial charge in [0, 0.05) is 12.1 Å². The summed E-state index contributed by atoms with van der Waals surface area (Å²) in [6.07, 6.45) is 0.592. The first-order valence-corrected chi connectivity index (χ1v) is 7.33. The van der Waals surface area contributed by atoms with Crippen molar-refractivity contribution in [1.82, 2.24) is 4.90 Å². The second kappa shape index (κ2) is 6.61. The van der Waals surface area contributed by atoms with E-state index in [0.717, 1.165) is 12.8 Å². The molecule has 1 heterocycles. The molecular formula is C16H22N2O3. The molecule has 0 radical (unpaired) electrons. The Kier molecular flexibility index (Phi) is 4.83. The van der Waals surface area contributed by atoms with Gasteiger partial charge in [-0.3, -0.25) is 4.79 Å². The number of hydrogen-bond donors (Lipinski definition) is 1. The van der Waals surface area contributed by atoms with Gasteiger partial charge < -0.3 is 15.4 Å². The van der Waals surface area contributed by atoms with Gasteiger partial charge in [-0.05, 0) is 30.9 Å². The van der Waals surface area contributed by atoms with E-state index < -0.39 is 6.09 Å². The second-order valence-corrected chi connectivity index (χ2v) is 5.72. The fourth-order valence-electron chi connectivity index (χ4n) is 2.93. The van der Waals surface area contributed by atoms with E-state index in [1.54, 1.807) is 12.1 Å². The van der Waals surface area contributed by atoms with Gasteiger partial charge in [0.2, 0.25) is 0 Å². The zero-order valence-electron chi connectivity index (χ0n) is 12.5. The van der Waals surface area contributed by atoms with E-state index in [0.29, 0.717) is 12.1 Å². The van der Waals surface area contributed by atoms with Crippen LogP contribution in [0.4, 0.5) is 4.79 Å². The molecule has 2 amide bonds. The van der Waals surface area contributed by atoms with Crippen LogP contribution in [0.25, 0.3) is 0 Å². The lowest BCUT2D eigenvalue weighted by atomic mass is 9.97. The van der Waals surface area contributed by atoms with E-state index in [-0.39, 0.29) is 24.0 Å². The molecule has 0 aromatic heterocycles. The van der Waals surface area contributed by atoms with E-state index >= 15 is 0 Å². The minimum absolute atomic E-state index is 0.0168. The molecule has 1 aliphatic heterocycles. The van der Waals surface area contributed by atoms with Crippen molar-refractivity contribution in [1.29, 1.82) is 0 Å². The number of carbonyl (C=O) groups excluding carboxylic acids is 2. The Morgan fingerprint density at radius 3 is 2.52 bits per heavy atom. The largest absolute Gasteiger partial charge is 0.444 e. The van der Waals surface area contributed by atoms with Crippen molar-refractivity contribution in [2.45, 2.75) is 38.8 Å². The zero-order valence-corrected chi connectivity index (χ0v) is 12.5. The highest BCUT2D eigenvalue weighted by molar-refractivity contribution is 5.94. The first-order chi connectivity index (χ1) is 10.0. The van der Waals surface area contributed by atoms with E-state index in [1.807, 2.05) is 36.9 Å². The van der Waals surface area contributed by atoms with Gasteiger partial charge in [-0.25, -0.2) is 4.79 Å². The van der Waals surface area contributed by atoms with Crippen molar-refractivity contribution in [3.05, 3.63) is 35.9 Å². The van der Waals surface area contributed by atoms with Crippen LogP contribution in [0.15, 0.2) is 30.3 Å². The van der Waals surface area contributed by atoms with Crippen LogP contribution < -0.4 is 5.73 Å². The Morgan fingerprint density at radius 2 is 1.95 bits per heavy atom. The van der Waals surface area contributed by atoms with Crippen molar-refractivity contribution >= 4 is 12.0 Å². The standard InChI is InChI=1S/C16H22N2O3/c1-11(2)14(21-16(17)20)13-9-6-10-18(13)15(19)12-7-4-3-5-8-12/h3-5,7-8,11,13-14H,6,9-10H2,1-2H3,(H2,17,20)/t13-,14-/m0/s1. The van der Waals surface area contributed by atoms with Gasteiger partial charge in [0.1, 0.15) is 6.10 Å². The van der Waals surface area contributed by atoms with Crippen LogP contribution in [0.5, 0.6) is 0 Å². The molecule has 2 atom stereocenters. The maximum absolute atomic E-state index is 12.6. The monoisotopic (exact) mass is 290 g/mol. The number of amides is 2. The molecular weight excluding hydrogens is 268 g/mol. The maximum Gasteiger partial charge on any atom is 0.404 e. The summed E-state index contributed by atoms with van der Waals surface area (Å²) < 4.78 is 5.26. The van der Waals surface area contributed by atoms with E-state index in [2.05, 4.69) is 0 Å². The van der Waals surface area contributed by atoms with Crippen LogP contribution in [0.2, 0.25) is 0 Å². The number of nitrogens with zero attached hydrogens (tertiary/aromatic N) is 1. The molecule has 1 saturated heterocycles. The number of rotatable bonds is 4. The number of ether oxygens (including phenoxy) is 1. The molecule has 1 aromatic rings. The van der Waals surface area contributed by atoms with E-state index in [9.17, 15) is 9.59 Å². The first-order valence-electron chi connectivity index (χ1n) is 7.33. The predicted molar refractivity (Wildman–Crippen MR) is 79.8 cm³/mol. The maximum atomic E-state index is 12.6. The summed E-state index contributed by atoms with van der Waals surface area (Å²) in [5.74, 6) is 0.0866. The third kappa shape index (κ3) is 3.54.